The maximum absolute atomic E-state index is 11.6. The number of carbonyl (C=O) groups excluding carboxylic acids is 2. The van der Waals surface area contributed by atoms with E-state index in [1.54, 1.807) is 0 Å². The van der Waals surface area contributed by atoms with Crippen molar-refractivity contribution < 1.29 is 9.59 Å². The van der Waals surface area contributed by atoms with Gasteiger partial charge in [-0.15, -0.1) is 0 Å². The van der Waals surface area contributed by atoms with E-state index >= 15 is 0 Å². The van der Waals surface area contributed by atoms with E-state index in [0.29, 0.717) is 19.4 Å². The fourth-order valence-corrected chi connectivity index (χ4v) is 2.19. The number of amides is 2. The van der Waals surface area contributed by atoms with Gasteiger partial charge in [-0.3, -0.25) is 14.9 Å². The normalized spacial score (nSPS) is 19.7. The van der Waals surface area contributed by atoms with Crippen LogP contribution in [-0.4, -0.2) is 27.2 Å². The molecule has 0 saturated carbocycles. The first-order chi connectivity index (χ1) is 9.22. The van der Waals surface area contributed by atoms with Gasteiger partial charge in [0.1, 0.15) is 5.65 Å². The Balaban J connectivity index is 1.65. The molecule has 1 aliphatic rings. The monoisotopic (exact) mass is 258 g/mol. The van der Waals surface area contributed by atoms with E-state index in [-0.39, 0.29) is 17.9 Å². The van der Waals surface area contributed by atoms with Gasteiger partial charge in [0.2, 0.25) is 11.8 Å². The van der Waals surface area contributed by atoms with Crippen LogP contribution in [0.3, 0.4) is 0 Å². The number of imidazole rings is 1. The number of hydrogen-bond donors (Lipinski definition) is 2. The number of nitrogens with one attached hydrogen (secondary N) is 2. The maximum atomic E-state index is 11.6. The number of pyridine rings is 1. The molecule has 6 heteroatoms. The first-order valence-electron chi connectivity index (χ1n) is 6.22. The standard InChI is InChI=1S/C13H14N4O2/c18-12-5-4-10(13(19)16-12)14-7-9-8-17-6-2-1-3-11(17)15-9/h1-3,6,8,10,14H,4-5,7H2,(H,16,18,19). The number of carbonyl (C=O) groups is 2. The number of aromatic nitrogens is 2. The fraction of sp³-hybridized carbons (Fsp3) is 0.308. The van der Waals surface area contributed by atoms with Crippen LogP contribution >= 0.6 is 0 Å². The predicted molar refractivity (Wildman–Crippen MR) is 68.2 cm³/mol. The van der Waals surface area contributed by atoms with Crippen LogP contribution in [-0.2, 0) is 16.1 Å². The van der Waals surface area contributed by atoms with Gasteiger partial charge in [0, 0.05) is 25.4 Å². The second kappa shape index (κ2) is 4.81. The van der Waals surface area contributed by atoms with Gasteiger partial charge in [0.15, 0.2) is 0 Å². The van der Waals surface area contributed by atoms with Crippen molar-refractivity contribution in [3.05, 3.63) is 36.3 Å². The number of nitrogens with zero attached hydrogens (tertiary/aromatic N) is 2. The van der Waals surface area contributed by atoms with Crippen LogP contribution in [0.2, 0.25) is 0 Å². The minimum Gasteiger partial charge on any atom is -0.307 e. The van der Waals surface area contributed by atoms with Crippen molar-refractivity contribution in [3.8, 4) is 0 Å². The summed E-state index contributed by atoms with van der Waals surface area (Å²) in [6.45, 7) is 0.508. The zero-order chi connectivity index (χ0) is 13.2. The van der Waals surface area contributed by atoms with Crippen molar-refractivity contribution in [1.29, 1.82) is 0 Å². The third kappa shape index (κ3) is 2.48. The molecule has 98 valence electrons. The lowest BCUT2D eigenvalue weighted by molar-refractivity contribution is -0.134. The van der Waals surface area contributed by atoms with Crippen molar-refractivity contribution in [2.24, 2.45) is 0 Å². The molecule has 1 fully saturated rings. The number of hydrogen-bond acceptors (Lipinski definition) is 4. The lowest BCUT2D eigenvalue weighted by Gasteiger charge is -2.21. The second-order valence-corrected chi connectivity index (χ2v) is 4.58. The van der Waals surface area contributed by atoms with E-state index in [9.17, 15) is 9.59 Å². The van der Waals surface area contributed by atoms with Crippen LogP contribution in [0.15, 0.2) is 30.6 Å². The molecule has 0 aromatic carbocycles. The highest BCUT2D eigenvalue weighted by atomic mass is 16.2. The van der Waals surface area contributed by atoms with E-state index in [1.165, 1.54) is 0 Å². The number of piperidine rings is 1. The molecule has 0 aliphatic carbocycles. The average molecular weight is 258 g/mol. The van der Waals surface area contributed by atoms with Crippen LogP contribution in [0.1, 0.15) is 18.5 Å². The molecule has 1 unspecified atom stereocenters. The summed E-state index contributed by atoms with van der Waals surface area (Å²) in [6.07, 6.45) is 4.78. The molecule has 3 heterocycles. The third-order valence-electron chi connectivity index (χ3n) is 3.18. The first kappa shape index (κ1) is 11.9. The molecule has 3 rings (SSSR count). The minimum atomic E-state index is -0.317. The summed E-state index contributed by atoms with van der Waals surface area (Å²) in [7, 11) is 0. The van der Waals surface area contributed by atoms with Crippen molar-refractivity contribution in [2.75, 3.05) is 0 Å². The molecule has 6 nitrogen and oxygen atoms in total. The maximum Gasteiger partial charge on any atom is 0.243 e. The van der Waals surface area contributed by atoms with E-state index in [2.05, 4.69) is 15.6 Å². The summed E-state index contributed by atoms with van der Waals surface area (Å²) >= 11 is 0. The van der Waals surface area contributed by atoms with Crippen LogP contribution in [0.4, 0.5) is 0 Å². The van der Waals surface area contributed by atoms with Crippen molar-refractivity contribution >= 4 is 17.5 Å². The highest BCUT2D eigenvalue weighted by Crippen LogP contribution is 2.07. The molecular weight excluding hydrogens is 244 g/mol. The molecule has 2 amide bonds. The molecule has 2 aromatic heterocycles. The minimum absolute atomic E-state index is 0.198. The fourth-order valence-electron chi connectivity index (χ4n) is 2.19. The Hall–Kier alpha value is -2.21. The highest BCUT2D eigenvalue weighted by molar-refractivity contribution is 6.00. The Kier molecular flexibility index (Phi) is 3.00. The summed E-state index contributed by atoms with van der Waals surface area (Å²) in [4.78, 5) is 27.1. The van der Waals surface area contributed by atoms with Crippen molar-refractivity contribution in [3.63, 3.8) is 0 Å². The van der Waals surface area contributed by atoms with Gasteiger partial charge < -0.3 is 9.72 Å². The van der Waals surface area contributed by atoms with Gasteiger partial charge in [-0.2, -0.15) is 0 Å². The Bertz CT molecular complexity index is 601. The van der Waals surface area contributed by atoms with Gasteiger partial charge in [-0.1, -0.05) is 6.07 Å². The topological polar surface area (TPSA) is 75.5 Å². The predicted octanol–water partition coefficient (Wildman–Crippen LogP) is 0.229. The van der Waals surface area contributed by atoms with Gasteiger partial charge in [0.25, 0.3) is 0 Å². The van der Waals surface area contributed by atoms with Gasteiger partial charge in [0.05, 0.1) is 11.7 Å². The summed E-state index contributed by atoms with van der Waals surface area (Å²) < 4.78 is 1.93. The number of rotatable bonds is 3. The average Bonchev–Trinajstić information content (AvgIpc) is 2.80. The molecular formula is C13H14N4O2. The molecule has 1 aliphatic heterocycles. The van der Waals surface area contributed by atoms with Gasteiger partial charge >= 0.3 is 0 Å². The Labute approximate surface area is 109 Å². The van der Waals surface area contributed by atoms with Gasteiger partial charge in [-0.25, -0.2) is 4.98 Å². The zero-order valence-corrected chi connectivity index (χ0v) is 10.3. The van der Waals surface area contributed by atoms with Crippen LogP contribution in [0.5, 0.6) is 0 Å². The molecule has 2 aromatic rings. The van der Waals surface area contributed by atoms with E-state index in [0.717, 1.165) is 11.3 Å². The molecule has 0 spiro atoms. The molecule has 2 N–H and O–H groups in total. The quantitative estimate of drug-likeness (QED) is 0.773. The number of imide groups is 1. The second-order valence-electron chi connectivity index (χ2n) is 4.58. The smallest absolute Gasteiger partial charge is 0.243 e. The Morgan fingerprint density at radius 2 is 2.32 bits per heavy atom. The molecule has 1 saturated heterocycles. The molecule has 19 heavy (non-hydrogen) atoms. The summed E-state index contributed by atoms with van der Waals surface area (Å²) in [5.74, 6) is -0.448. The van der Waals surface area contributed by atoms with Crippen LogP contribution in [0.25, 0.3) is 5.65 Å². The lowest BCUT2D eigenvalue weighted by Crippen LogP contribution is -2.50. The molecule has 1 atom stereocenters. The SMILES string of the molecule is O=C1CCC(NCc2cn3ccccc3n2)C(=O)N1. The number of fused-ring (bicyclic) bond motifs is 1. The van der Waals surface area contributed by atoms with E-state index in [4.69, 9.17) is 0 Å². The summed E-state index contributed by atoms with van der Waals surface area (Å²) in [5.41, 5.74) is 1.75. The lowest BCUT2D eigenvalue weighted by atomic mass is 10.1. The van der Waals surface area contributed by atoms with Crippen LogP contribution in [0, 0.1) is 0 Å². The third-order valence-corrected chi connectivity index (χ3v) is 3.18. The molecule has 0 bridgehead atoms. The van der Waals surface area contributed by atoms with Crippen molar-refractivity contribution in [1.82, 2.24) is 20.0 Å². The summed E-state index contributed by atoms with van der Waals surface area (Å²) in [5, 5.41) is 5.46. The van der Waals surface area contributed by atoms with Crippen LogP contribution < -0.4 is 10.6 Å². The van der Waals surface area contributed by atoms with Gasteiger partial charge in [-0.05, 0) is 18.6 Å². The Morgan fingerprint density at radius 3 is 3.11 bits per heavy atom. The zero-order valence-electron chi connectivity index (χ0n) is 10.3. The van der Waals surface area contributed by atoms with E-state index < -0.39 is 0 Å². The van der Waals surface area contributed by atoms with Crippen molar-refractivity contribution in [2.45, 2.75) is 25.4 Å². The largest absolute Gasteiger partial charge is 0.307 e. The first-order valence-corrected chi connectivity index (χ1v) is 6.22. The summed E-state index contributed by atoms with van der Waals surface area (Å²) in [6, 6.07) is 5.48. The highest BCUT2D eigenvalue weighted by Gasteiger charge is 2.25. The molecule has 0 radical (unpaired) electrons. The van der Waals surface area contributed by atoms with E-state index in [1.807, 2.05) is 35.0 Å². The Morgan fingerprint density at radius 1 is 1.42 bits per heavy atom.